The lowest BCUT2D eigenvalue weighted by Gasteiger charge is -2.24. The van der Waals surface area contributed by atoms with Crippen LogP contribution in [0.25, 0.3) is 0 Å². The first-order valence-electron chi connectivity index (χ1n) is 6.85. The van der Waals surface area contributed by atoms with Crippen molar-refractivity contribution in [3.05, 3.63) is 83.9 Å². The summed E-state index contributed by atoms with van der Waals surface area (Å²) in [5.74, 6) is -1.65. The van der Waals surface area contributed by atoms with Gasteiger partial charge in [-0.2, -0.15) is 0 Å². The van der Waals surface area contributed by atoms with Crippen molar-refractivity contribution in [3.63, 3.8) is 0 Å². The van der Waals surface area contributed by atoms with Crippen LogP contribution in [0.3, 0.4) is 0 Å². The van der Waals surface area contributed by atoms with Gasteiger partial charge in [0.05, 0.1) is 0 Å². The summed E-state index contributed by atoms with van der Waals surface area (Å²) in [6.45, 7) is 4.60. The van der Waals surface area contributed by atoms with Gasteiger partial charge in [-0.05, 0) is 18.1 Å². The van der Waals surface area contributed by atoms with E-state index in [1.165, 1.54) is 6.92 Å². The van der Waals surface area contributed by atoms with Gasteiger partial charge in [0.15, 0.2) is 4.87 Å². The predicted molar refractivity (Wildman–Crippen MR) is 93.9 cm³/mol. The van der Waals surface area contributed by atoms with E-state index in [0.717, 1.165) is 0 Å². The third-order valence-electron chi connectivity index (χ3n) is 3.06. The van der Waals surface area contributed by atoms with E-state index in [4.69, 9.17) is 28.6 Å². The van der Waals surface area contributed by atoms with Gasteiger partial charge in [-0.1, -0.05) is 78.8 Å². The Hall–Kier alpha value is -2.30. The van der Waals surface area contributed by atoms with Gasteiger partial charge in [-0.15, -0.1) is 0 Å². The Morgan fingerprint density at radius 1 is 1.00 bits per heavy atom. The number of carbonyl (C=O) groups is 2. The highest BCUT2D eigenvalue weighted by atomic mass is 35.5. The molecule has 0 radical (unpaired) electrons. The van der Waals surface area contributed by atoms with Gasteiger partial charge < -0.3 is 9.40 Å². The lowest BCUT2D eigenvalue weighted by Crippen LogP contribution is -2.31. The molecular weight excluding hydrogens is 351 g/mol. The highest BCUT2D eigenvalue weighted by Crippen LogP contribution is 2.38. The van der Waals surface area contributed by atoms with Crippen LogP contribution in [0.4, 0.5) is 0 Å². The highest BCUT2D eigenvalue weighted by Gasteiger charge is 2.41. The Morgan fingerprint density at radius 3 is 1.58 bits per heavy atom. The van der Waals surface area contributed by atoms with Crippen LogP contribution in [0, 0.1) is 0 Å². The molecule has 24 heavy (non-hydrogen) atoms. The summed E-state index contributed by atoms with van der Waals surface area (Å²) in [5, 5.41) is 7.89. The number of benzene rings is 2. The van der Waals surface area contributed by atoms with Crippen LogP contribution in [0.1, 0.15) is 18.1 Å². The normalized spacial score (nSPS) is 10.1. The number of halogens is 2. The molecule has 2 rings (SSSR count). The van der Waals surface area contributed by atoms with Crippen LogP contribution >= 0.6 is 23.5 Å². The lowest BCUT2D eigenvalue weighted by molar-refractivity contribution is -0.136. The number of aliphatic carboxylic acids is 1. The molecule has 0 aliphatic rings. The fraction of sp³-hybridized carbons (Fsp3) is 0.111. The molecular formula is C18H16Cl2O4. The predicted octanol–water partition coefficient (Wildman–Crippen LogP) is 4.51. The standard InChI is InChI=1S/C14H10Cl2O2.C4H6O2/c15-14(13(17)18-16,11-7-3-1-4-8-11)12-9-5-2-6-10-12;1-3(2)4(5)6/h1-10H;1H2,2H3,(H,5,6). The molecule has 0 spiro atoms. The second-order valence-electron chi connectivity index (χ2n) is 4.84. The van der Waals surface area contributed by atoms with Crippen LogP contribution in [-0.2, 0) is 18.8 Å². The largest absolute Gasteiger partial charge is 0.478 e. The molecule has 6 heteroatoms. The molecule has 0 fully saturated rings. The van der Waals surface area contributed by atoms with E-state index in [-0.39, 0.29) is 5.57 Å². The Bertz CT molecular complexity index is 648. The fourth-order valence-electron chi connectivity index (χ4n) is 1.79. The summed E-state index contributed by atoms with van der Waals surface area (Å²) in [4.78, 5) is 20.1. The summed E-state index contributed by atoms with van der Waals surface area (Å²) in [7, 11) is 0. The molecule has 126 valence electrons. The quantitative estimate of drug-likeness (QED) is 0.638. The first kappa shape index (κ1) is 19.7. The minimum absolute atomic E-state index is 0.176. The number of hydrogen-bond donors (Lipinski definition) is 1. The van der Waals surface area contributed by atoms with E-state index >= 15 is 0 Å². The van der Waals surface area contributed by atoms with Gasteiger partial charge >= 0.3 is 11.9 Å². The summed E-state index contributed by atoms with van der Waals surface area (Å²) in [6.07, 6.45) is 0. The van der Waals surface area contributed by atoms with Gasteiger partial charge in [0, 0.05) is 5.57 Å². The SMILES string of the molecule is C=C(C)C(=O)O.O=C(OCl)C(Cl)(c1ccccc1)c1ccccc1. The van der Waals surface area contributed by atoms with Gasteiger partial charge in [0.2, 0.25) is 0 Å². The monoisotopic (exact) mass is 366 g/mol. The van der Waals surface area contributed by atoms with Crippen molar-refractivity contribution in [1.82, 2.24) is 0 Å². The molecule has 2 aromatic carbocycles. The molecule has 2 aromatic rings. The molecule has 0 amide bonds. The number of carboxylic acid groups (broad SMARTS) is 1. The molecule has 0 atom stereocenters. The minimum atomic E-state index is -1.43. The van der Waals surface area contributed by atoms with Crippen LogP contribution in [-0.4, -0.2) is 17.0 Å². The fourth-order valence-corrected chi connectivity index (χ4v) is 2.24. The van der Waals surface area contributed by atoms with Crippen LogP contribution in [0.2, 0.25) is 0 Å². The van der Waals surface area contributed by atoms with Gasteiger partial charge in [0.1, 0.15) is 11.9 Å². The molecule has 0 heterocycles. The number of carbonyl (C=O) groups excluding carboxylic acids is 1. The van der Waals surface area contributed by atoms with E-state index < -0.39 is 16.8 Å². The number of hydrogen-bond acceptors (Lipinski definition) is 3. The van der Waals surface area contributed by atoms with Crippen molar-refractivity contribution in [2.75, 3.05) is 0 Å². The minimum Gasteiger partial charge on any atom is -0.478 e. The Labute approximate surface area is 150 Å². The Kier molecular flexibility index (Phi) is 7.49. The summed E-state index contributed by atoms with van der Waals surface area (Å²) < 4.78 is 4.33. The molecule has 0 aliphatic carbocycles. The van der Waals surface area contributed by atoms with Gasteiger partial charge in [-0.25, -0.2) is 9.59 Å². The molecule has 0 aromatic heterocycles. The van der Waals surface area contributed by atoms with Crippen molar-refractivity contribution < 1.29 is 19.0 Å². The molecule has 0 saturated carbocycles. The first-order chi connectivity index (χ1) is 11.3. The topological polar surface area (TPSA) is 63.6 Å². The zero-order valence-electron chi connectivity index (χ0n) is 12.9. The van der Waals surface area contributed by atoms with Gasteiger partial charge in [0.25, 0.3) is 0 Å². The van der Waals surface area contributed by atoms with E-state index in [0.29, 0.717) is 11.1 Å². The summed E-state index contributed by atoms with van der Waals surface area (Å²) in [6, 6.07) is 17.9. The Morgan fingerprint density at radius 2 is 1.33 bits per heavy atom. The maximum Gasteiger partial charge on any atom is 0.354 e. The second-order valence-corrected chi connectivity index (χ2v) is 5.56. The zero-order chi connectivity index (χ0) is 18.2. The highest BCUT2D eigenvalue weighted by molar-refractivity contribution is 6.37. The number of alkyl halides is 1. The second kappa shape index (κ2) is 9.11. The van der Waals surface area contributed by atoms with Crippen molar-refractivity contribution in [2.45, 2.75) is 11.8 Å². The van der Waals surface area contributed by atoms with Gasteiger partial charge in [-0.3, -0.25) is 0 Å². The average Bonchev–Trinajstić information content (AvgIpc) is 2.62. The van der Waals surface area contributed by atoms with E-state index in [9.17, 15) is 9.59 Å². The maximum absolute atomic E-state index is 11.9. The molecule has 1 N–H and O–H groups in total. The van der Waals surface area contributed by atoms with E-state index in [2.05, 4.69) is 10.9 Å². The van der Waals surface area contributed by atoms with Crippen LogP contribution in [0.15, 0.2) is 72.8 Å². The molecule has 4 nitrogen and oxygen atoms in total. The molecule has 0 bridgehead atoms. The van der Waals surface area contributed by atoms with Crippen LogP contribution < -0.4 is 0 Å². The molecule has 0 aliphatic heterocycles. The summed E-state index contributed by atoms with van der Waals surface area (Å²) >= 11 is 11.7. The number of carboxylic acids is 1. The summed E-state index contributed by atoms with van der Waals surface area (Å²) in [5.41, 5.74) is 1.40. The smallest absolute Gasteiger partial charge is 0.354 e. The van der Waals surface area contributed by atoms with Crippen molar-refractivity contribution >= 4 is 35.4 Å². The Balaban J connectivity index is 0.000000413. The molecule has 0 saturated heterocycles. The third kappa shape index (κ3) is 4.85. The van der Waals surface area contributed by atoms with Crippen molar-refractivity contribution in [2.24, 2.45) is 0 Å². The van der Waals surface area contributed by atoms with Crippen LogP contribution in [0.5, 0.6) is 0 Å². The van der Waals surface area contributed by atoms with E-state index in [1.54, 1.807) is 48.5 Å². The molecule has 0 unspecified atom stereocenters. The lowest BCUT2D eigenvalue weighted by atomic mass is 9.90. The van der Waals surface area contributed by atoms with E-state index in [1.807, 2.05) is 12.1 Å². The first-order valence-corrected chi connectivity index (χ1v) is 7.54. The van der Waals surface area contributed by atoms with Crippen molar-refractivity contribution in [1.29, 1.82) is 0 Å². The number of rotatable bonds is 4. The zero-order valence-corrected chi connectivity index (χ0v) is 14.4. The third-order valence-corrected chi connectivity index (χ3v) is 3.79. The van der Waals surface area contributed by atoms with Crippen molar-refractivity contribution in [3.8, 4) is 0 Å². The maximum atomic E-state index is 11.9. The average molecular weight is 367 g/mol.